The quantitative estimate of drug-likeness (QED) is 0.494. The molecule has 0 atom stereocenters. The topological polar surface area (TPSA) is 81.5 Å². The van der Waals surface area contributed by atoms with E-state index in [0.717, 1.165) is 10.0 Å². The fourth-order valence-electron chi connectivity index (χ4n) is 2.86. The van der Waals surface area contributed by atoms with Crippen molar-refractivity contribution in [3.63, 3.8) is 0 Å². The Morgan fingerprint density at radius 2 is 2.00 bits per heavy atom. The maximum Gasteiger partial charge on any atom is 0.410 e. The fourth-order valence-corrected chi connectivity index (χ4v) is 4.59. The Hall–Kier alpha value is -2.46. The third-order valence-electron chi connectivity index (χ3n) is 4.17. The normalized spacial score (nSPS) is 12.2. The SMILES string of the molecule is CN(Cc1cn(S(=O)(=O)c2cccc(F)c2)c2cc(Br)ncc12)C(=O)OC(C)(C)C. The molecule has 2 heterocycles. The zero-order valence-corrected chi connectivity index (χ0v) is 19.3. The summed E-state index contributed by atoms with van der Waals surface area (Å²) in [6, 6.07) is 6.36. The molecule has 0 aliphatic rings. The van der Waals surface area contributed by atoms with Gasteiger partial charge < -0.3 is 9.64 Å². The predicted molar refractivity (Wildman–Crippen MR) is 114 cm³/mol. The molecule has 0 aliphatic carbocycles. The average Bonchev–Trinajstić information content (AvgIpc) is 2.98. The van der Waals surface area contributed by atoms with Gasteiger partial charge in [0.15, 0.2) is 0 Å². The summed E-state index contributed by atoms with van der Waals surface area (Å²) >= 11 is 3.25. The lowest BCUT2D eigenvalue weighted by Gasteiger charge is -2.24. The lowest BCUT2D eigenvalue weighted by atomic mass is 10.2. The van der Waals surface area contributed by atoms with Crippen LogP contribution in [0.15, 0.2) is 52.2 Å². The summed E-state index contributed by atoms with van der Waals surface area (Å²) in [5, 5.41) is 0.550. The molecule has 0 fully saturated rings. The summed E-state index contributed by atoms with van der Waals surface area (Å²) < 4.78 is 46.9. The third-order valence-corrected chi connectivity index (χ3v) is 6.27. The van der Waals surface area contributed by atoms with Gasteiger partial charge in [0, 0.05) is 24.8 Å². The van der Waals surface area contributed by atoms with Gasteiger partial charge in [0.25, 0.3) is 10.0 Å². The Balaban J connectivity index is 2.08. The Labute approximate surface area is 182 Å². The first-order valence-corrected chi connectivity index (χ1v) is 11.2. The number of halogens is 2. The number of amides is 1. The van der Waals surface area contributed by atoms with E-state index in [-0.39, 0.29) is 11.4 Å². The van der Waals surface area contributed by atoms with E-state index in [1.54, 1.807) is 33.9 Å². The van der Waals surface area contributed by atoms with Crippen LogP contribution in [0.5, 0.6) is 0 Å². The van der Waals surface area contributed by atoms with Crippen molar-refractivity contribution in [3.05, 3.63) is 58.7 Å². The number of aromatic nitrogens is 2. The van der Waals surface area contributed by atoms with Crippen LogP contribution in [0.25, 0.3) is 10.9 Å². The summed E-state index contributed by atoms with van der Waals surface area (Å²) in [6.07, 6.45) is 2.40. The molecular weight excluding hydrogens is 477 g/mol. The van der Waals surface area contributed by atoms with E-state index in [2.05, 4.69) is 20.9 Å². The van der Waals surface area contributed by atoms with Crippen LogP contribution in [0.3, 0.4) is 0 Å². The van der Waals surface area contributed by atoms with Gasteiger partial charge in [-0.25, -0.2) is 26.6 Å². The van der Waals surface area contributed by atoms with E-state index < -0.39 is 27.5 Å². The van der Waals surface area contributed by atoms with Crippen LogP contribution in [0.2, 0.25) is 0 Å². The van der Waals surface area contributed by atoms with Crippen molar-refractivity contribution in [2.45, 2.75) is 37.8 Å². The van der Waals surface area contributed by atoms with Gasteiger partial charge in [-0.2, -0.15) is 0 Å². The Morgan fingerprint density at radius 3 is 2.63 bits per heavy atom. The van der Waals surface area contributed by atoms with Gasteiger partial charge >= 0.3 is 6.09 Å². The first kappa shape index (κ1) is 22.2. The minimum atomic E-state index is -4.08. The molecule has 0 spiro atoms. The summed E-state index contributed by atoms with van der Waals surface area (Å²) in [7, 11) is -2.52. The van der Waals surface area contributed by atoms with Crippen LogP contribution in [0.4, 0.5) is 9.18 Å². The predicted octanol–water partition coefficient (Wildman–Crippen LogP) is 4.54. The molecule has 0 unspecified atom stereocenters. The van der Waals surface area contributed by atoms with Crippen molar-refractivity contribution in [2.24, 2.45) is 0 Å². The van der Waals surface area contributed by atoms with Gasteiger partial charge in [-0.05, 0) is 66.5 Å². The molecule has 0 bridgehead atoms. The molecule has 1 aromatic carbocycles. The smallest absolute Gasteiger partial charge is 0.410 e. The lowest BCUT2D eigenvalue weighted by Crippen LogP contribution is -2.33. The summed E-state index contributed by atoms with van der Waals surface area (Å²) in [6.45, 7) is 5.38. The fraction of sp³-hybridized carbons (Fsp3) is 0.300. The monoisotopic (exact) mass is 497 g/mol. The number of fused-ring (bicyclic) bond motifs is 1. The molecule has 3 aromatic rings. The van der Waals surface area contributed by atoms with Gasteiger partial charge in [-0.3, -0.25) is 0 Å². The van der Waals surface area contributed by atoms with Crippen LogP contribution in [-0.4, -0.2) is 41.0 Å². The second-order valence-corrected chi connectivity index (χ2v) is 10.4. The lowest BCUT2D eigenvalue weighted by molar-refractivity contribution is 0.0286. The molecule has 0 radical (unpaired) electrons. The molecule has 0 saturated carbocycles. The molecule has 10 heteroatoms. The first-order valence-electron chi connectivity index (χ1n) is 8.99. The third kappa shape index (κ3) is 4.65. The van der Waals surface area contributed by atoms with E-state index in [9.17, 15) is 17.6 Å². The maximum absolute atomic E-state index is 13.6. The van der Waals surface area contributed by atoms with Crippen molar-refractivity contribution in [1.29, 1.82) is 0 Å². The maximum atomic E-state index is 13.6. The molecular formula is C20H21BrFN3O4S. The molecule has 160 valence electrons. The first-order chi connectivity index (χ1) is 13.9. The Morgan fingerprint density at radius 1 is 1.30 bits per heavy atom. The summed E-state index contributed by atoms with van der Waals surface area (Å²) in [5.41, 5.74) is 0.249. The molecule has 0 saturated heterocycles. The summed E-state index contributed by atoms with van der Waals surface area (Å²) in [4.78, 5) is 17.7. The van der Waals surface area contributed by atoms with Crippen molar-refractivity contribution >= 4 is 42.9 Å². The highest BCUT2D eigenvalue weighted by molar-refractivity contribution is 9.10. The van der Waals surface area contributed by atoms with Gasteiger partial charge in [-0.1, -0.05) is 6.07 Å². The van der Waals surface area contributed by atoms with Crippen LogP contribution in [-0.2, 0) is 21.3 Å². The molecule has 30 heavy (non-hydrogen) atoms. The van der Waals surface area contributed by atoms with E-state index in [0.29, 0.717) is 21.1 Å². The minimum absolute atomic E-state index is 0.0976. The van der Waals surface area contributed by atoms with E-state index in [4.69, 9.17) is 4.74 Å². The standard InChI is InChI=1S/C20H21BrFN3O4S/c1-20(2,3)29-19(26)24(4)11-13-12-25(17-9-18(21)23-10-16(13)17)30(27,28)15-7-5-6-14(22)8-15/h5-10,12H,11H2,1-4H3. The number of carbonyl (C=O) groups excluding carboxylic acids is 1. The highest BCUT2D eigenvalue weighted by Crippen LogP contribution is 2.28. The van der Waals surface area contributed by atoms with Crippen LogP contribution in [0.1, 0.15) is 26.3 Å². The zero-order valence-electron chi connectivity index (χ0n) is 16.9. The molecule has 2 aromatic heterocycles. The van der Waals surface area contributed by atoms with Crippen LogP contribution in [0, 0.1) is 5.82 Å². The van der Waals surface area contributed by atoms with Crippen molar-refractivity contribution < 1.29 is 22.3 Å². The Bertz CT molecular complexity index is 1220. The number of hydrogen-bond acceptors (Lipinski definition) is 5. The average molecular weight is 498 g/mol. The van der Waals surface area contributed by atoms with Gasteiger partial charge in [0.1, 0.15) is 16.0 Å². The highest BCUT2D eigenvalue weighted by atomic mass is 79.9. The second-order valence-electron chi connectivity index (χ2n) is 7.77. The molecule has 0 N–H and O–H groups in total. The number of hydrogen-bond donors (Lipinski definition) is 0. The number of rotatable bonds is 4. The van der Waals surface area contributed by atoms with Crippen molar-refractivity contribution in [1.82, 2.24) is 13.9 Å². The Kier molecular flexibility index (Phi) is 5.92. The molecule has 1 amide bonds. The van der Waals surface area contributed by atoms with Crippen molar-refractivity contribution in [2.75, 3.05) is 7.05 Å². The molecule has 7 nitrogen and oxygen atoms in total. The van der Waals surface area contributed by atoms with Gasteiger partial charge in [0.2, 0.25) is 0 Å². The molecule has 3 rings (SSSR count). The highest BCUT2D eigenvalue weighted by Gasteiger charge is 2.25. The van der Waals surface area contributed by atoms with Gasteiger partial charge in [0.05, 0.1) is 17.0 Å². The second kappa shape index (κ2) is 7.99. The minimum Gasteiger partial charge on any atom is -0.444 e. The number of pyridine rings is 1. The number of ether oxygens (including phenoxy) is 1. The number of carbonyl (C=O) groups is 1. The van der Waals surface area contributed by atoms with E-state index in [1.807, 2.05) is 0 Å². The largest absolute Gasteiger partial charge is 0.444 e. The van der Waals surface area contributed by atoms with Gasteiger partial charge in [-0.15, -0.1) is 0 Å². The van der Waals surface area contributed by atoms with Crippen LogP contribution < -0.4 is 0 Å². The summed E-state index contributed by atoms with van der Waals surface area (Å²) in [5.74, 6) is -0.653. The number of nitrogens with zero attached hydrogens (tertiary/aromatic N) is 3. The van der Waals surface area contributed by atoms with Crippen molar-refractivity contribution in [3.8, 4) is 0 Å². The number of benzene rings is 1. The zero-order chi connectivity index (χ0) is 22.3. The molecule has 0 aliphatic heterocycles. The van der Waals surface area contributed by atoms with Crippen LogP contribution >= 0.6 is 15.9 Å². The van der Waals surface area contributed by atoms with E-state index >= 15 is 0 Å². The van der Waals surface area contributed by atoms with E-state index in [1.165, 1.54) is 35.5 Å².